The second-order valence-corrected chi connectivity index (χ2v) is 6.32. The van der Waals surface area contributed by atoms with Gasteiger partial charge in [0.2, 0.25) is 5.95 Å². The van der Waals surface area contributed by atoms with Gasteiger partial charge < -0.3 is 5.32 Å². The third-order valence-electron chi connectivity index (χ3n) is 4.64. The number of H-pyrrole nitrogens is 1. The Morgan fingerprint density at radius 2 is 1.83 bits per heavy atom. The highest BCUT2D eigenvalue weighted by atomic mass is 16.1. The van der Waals surface area contributed by atoms with E-state index in [1.54, 1.807) is 6.20 Å². The van der Waals surface area contributed by atoms with Gasteiger partial charge >= 0.3 is 0 Å². The Labute approximate surface area is 140 Å². The van der Waals surface area contributed by atoms with Crippen LogP contribution in [0, 0.1) is 0 Å². The smallest absolute Gasteiger partial charge is 0.262 e. The Morgan fingerprint density at radius 3 is 2.62 bits per heavy atom. The lowest BCUT2D eigenvalue weighted by atomic mass is 9.96. The first-order valence-electron chi connectivity index (χ1n) is 8.52. The molecule has 0 saturated heterocycles. The predicted octanol–water partition coefficient (Wildman–Crippen LogP) is 3.73. The van der Waals surface area contributed by atoms with E-state index in [0.29, 0.717) is 23.0 Å². The highest BCUT2D eigenvalue weighted by Crippen LogP contribution is 2.25. The lowest BCUT2D eigenvalue weighted by Crippen LogP contribution is -2.25. The van der Waals surface area contributed by atoms with E-state index < -0.39 is 0 Å². The van der Waals surface area contributed by atoms with Crippen LogP contribution >= 0.6 is 0 Å². The SMILES string of the molecule is O=c1[nH]c(NC2CCCCC2)nc2nccc(-c3ccccc3)c12. The molecule has 5 heteroatoms. The van der Waals surface area contributed by atoms with E-state index in [0.717, 1.165) is 24.0 Å². The first kappa shape index (κ1) is 14.9. The fourth-order valence-electron chi connectivity index (χ4n) is 3.43. The van der Waals surface area contributed by atoms with Crippen molar-refractivity contribution in [3.63, 3.8) is 0 Å². The minimum absolute atomic E-state index is 0.148. The highest BCUT2D eigenvalue weighted by molar-refractivity contribution is 5.92. The zero-order chi connectivity index (χ0) is 16.4. The van der Waals surface area contributed by atoms with Gasteiger partial charge in [0, 0.05) is 12.2 Å². The molecule has 3 aromatic rings. The van der Waals surface area contributed by atoms with Gasteiger partial charge in [-0.3, -0.25) is 9.78 Å². The zero-order valence-corrected chi connectivity index (χ0v) is 13.5. The van der Waals surface area contributed by atoms with E-state index in [4.69, 9.17) is 0 Å². The number of pyridine rings is 1. The molecule has 0 radical (unpaired) electrons. The third kappa shape index (κ3) is 2.89. The number of rotatable bonds is 3. The predicted molar refractivity (Wildman–Crippen MR) is 96.1 cm³/mol. The minimum atomic E-state index is -0.148. The number of nitrogens with zero attached hydrogens (tertiary/aromatic N) is 2. The topological polar surface area (TPSA) is 70.7 Å². The maximum Gasteiger partial charge on any atom is 0.262 e. The van der Waals surface area contributed by atoms with Crippen molar-refractivity contribution < 1.29 is 0 Å². The van der Waals surface area contributed by atoms with Crippen molar-refractivity contribution in [3.8, 4) is 11.1 Å². The fourth-order valence-corrected chi connectivity index (χ4v) is 3.43. The highest BCUT2D eigenvalue weighted by Gasteiger charge is 2.16. The van der Waals surface area contributed by atoms with Gasteiger partial charge in [-0.15, -0.1) is 0 Å². The molecule has 1 saturated carbocycles. The van der Waals surface area contributed by atoms with Gasteiger partial charge in [0.15, 0.2) is 5.65 Å². The summed E-state index contributed by atoms with van der Waals surface area (Å²) < 4.78 is 0. The molecule has 4 rings (SSSR count). The number of aromatic nitrogens is 3. The molecule has 0 spiro atoms. The number of nitrogens with one attached hydrogen (secondary N) is 2. The lowest BCUT2D eigenvalue weighted by Gasteiger charge is -2.22. The van der Waals surface area contributed by atoms with Gasteiger partial charge in [-0.05, 0) is 30.0 Å². The van der Waals surface area contributed by atoms with Crippen LogP contribution in [-0.2, 0) is 0 Å². The van der Waals surface area contributed by atoms with Gasteiger partial charge in [-0.25, -0.2) is 4.98 Å². The number of anilines is 1. The summed E-state index contributed by atoms with van der Waals surface area (Å²) in [6.07, 6.45) is 7.71. The van der Waals surface area contributed by atoms with Crippen LogP contribution in [0.25, 0.3) is 22.2 Å². The van der Waals surface area contributed by atoms with E-state index in [1.165, 1.54) is 19.3 Å². The summed E-state index contributed by atoms with van der Waals surface area (Å²) in [4.78, 5) is 24.4. The average molecular weight is 320 g/mol. The average Bonchev–Trinajstić information content (AvgIpc) is 2.63. The molecule has 1 aliphatic rings. The van der Waals surface area contributed by atoms with Gasteiger partial charge in [0.1, 0.15) is 0 Å². The summed E-state index contributed by atoms with van der Waals surface area (Å²) in [6.45, 7) is 0. The van der Waals surface area contributed by atoms with Crippen molar-refractivity contribution in [2.75, 3.05) is 5.32 Å². The maximum atomic E-state index is 12.7. The standard InChI is InChI=1S/C19H20N4O/c24-18-16-15(13-7-3-1-4-8-13)11-12-20-17(16)22-19(23-18)21-14-9-5-2-6-10-14/h1,3-4,7-8,11-12,14H,2,5-6,9-10H2,(H2,20,21,22,23,24). The Bertz CT molecular complexity index is 898. The molecular weight excluding hydrogens is 300 g/mol. The van der Waals surface area contributed by atoms with Crippen LogP contribution in [0.3, 0.4) is 0 Å². The van der Waals surface area contributed by atoms with E-state index in [-0.39, 0.29) is 5.56 Å². The molecule has 0 unspecified atom stereocenters. The summed E-state index contributed by atoms with van der Waals surface area (Å²) in [7, 11) is 0. The van der Waals surface area contributed by atoms with Crippen LogP contribution in [0.2, 0.25) is 0 Å². The normalized spacial score (nSPS) is 15.5. The van der Waals surface area contributed by atoms with E-state index in [2.05, 4.69) is 20.3 Å². The van der Waals surface area contributed by atoms with Crippen LogP contribution in [0.1, 0.15) is 32.1 Å². The van der Waals surface area contributed by atoms with Crippen molar-refractivity contribution in [1.82, 2.24) is 15.0 Å². The van der Waals surface area contributed by atoms with Crippen LogP contribution in [-0.4, -0.2) is 21.0 Å². The van der Waals surface area contributed by atoms with Gasteiger partial charge in [0.25, 0.3) is 5.56 Å². The zero-order valence-electron chi connectivity index (χ0n) is 13.5. The minimum Gasteiger partial charge on any atom is -0.353 e. The van der Waals surface area contributed by atoms with Crippen LogP contribution in [0.4, 0.5) is 5.95 Å². The number of aromatic amines is 1. The van der Waals surface area contributed by atoms with Crippen molar-refractivity contribution in [3.05, 3.63) is 52.9 Å². The summed E-state index contributed by atoms with van der Waals surface area (Å²) in [5.41, 5.74) is 2.19. The molecule has 1 aliphatic carbocycles. The number of fused-ring (bicyclic) bond motifs is 1. The molecule has 2 heterocycles. The molecule has 2 N–H and O–H groups in total. The number of hydrogen-bond acceptors (Lipinski definition) is 4. The van der Waals surface area contributed by atoms with Crippen molar-refractivity contribution in [1.29, 1.82) is 0 Å². The van der Waals surface area contributed by atoms with Crippen molar-refractivity contribution >= 4 is 17.0 Å². The van der Waals surface area contributed by atoms with Crippen LogP contribution < -0.4 is 10.9 Å². The van der Waals surface area contributed by atoms with Gasteiger partial charge in [-0.1, -0.05) is 49.6 Å². The molecular formula is C19H20N4O. The quantitative estimate of drug-likeness (QED) is 0.771. The van der Waals surface area contributed by atoms with E-state index in [1.807, 2.05) is 36.4 Å². The second-order valence-electron chi connectivity index (χ2n) is 6.32. The Morgan fingerprint density at radius 1 is 1.04 bits per heavy atom. The molecule has 0 atom stereocenters. The van der Waals surface area contributed by atoms with Crippen LogP contribution in [0.5, 0.6) is 0 Å². The number of benzene rings is 1. The monoisotopic (exact) mass is 320 g/mol. The largest absolute Gasteiger partial charge is 0.353 e. The Balaban J connectivity index is 1.75. The first-order valence-corrected chi connectivity index (χ1v) is 8.52. The summed E-state index contributed by atoms with van der Waals surface area (Å²) in [5.74, 6) is 0.525. The van der Waals surface area contributed by atoms with Gasteiger partial charge in [-0.2, -0.15) is 4.98 Å². The first-order chi connectivity index (χ1) is 11.8. The second kappa shape index (κ2) is 6.43. The fraction of sp³-hybridized carbons (Fsp3) is 0.316. The molecule has 122 valence electrons. The number of hydrogen-bond donors (Lipinski definition) is 2. The third-order valence-corrected chi connectivity index (χ3v) is 4.64. The Hall–Kier alpha value is -2.69. The van der Waals surface area contributed by atoms with Crippen molar-refractivity contribution in [2.24, 2.45) is 0 Å². The van der Waals surface area contributed by atoms with Gasteiger partial charge in [0.05, 0.1) is 5.39 Å². The van der Waals surface area contributed by atoms with E-state index >= 15 is 0 Å². The molecule has 5 nitrogen and oxygen atoms in total. The van der Waals surface area contributed by atoms with Crippen molar-refractivity contribution in [2.45, 2.75) is 38.1 Å². The molecule has 24 heavy (non-hydrogen) atoms. The molecule has 0 amide bonds. The van der Waals surface area contributed by atoms with Crippen LogP contribution in [0.15, 0.2) is 47.4 Å². The summed E-state index contributed by atoms with van der Waals surface area (Å²) in [6, 6.07) is 12.1. The molecule has 1 aromatic carbocycles. The summed E-state index contributed by atoms with van der Waals surface area (Å²) >= 11 is 0. The summed E-state index contributed by atoms with van der Waals surface area (Å²) in [5, 5.41) is 3.91. The molecule has 1 fully saturated rings. The molecule has 0 aliphatic heterocycles. The van der Waals surface area contributed by atoms with E-state index in [9.17, 15) is 4.79 Å². The molecule has 0 bridgehead atoms. The maximum absolute atomic E-state index is 12.7. The lowest BCUT2D eigenvalue weighted by molar-refractivity contribution is 0.461. The Kier molecular flexibility index (Phi) is 3.99. The molecule has 2 aromatic heterocycles.